The van der Waals surface area contributed by atoms with Crippen LogP contribution in [0.15, 0.2) is 24.5 Å². The first-order valence-electron chi connectivity index (χ1n) is 5.31. The lowest BCUT2D eigenvalue weighted by molar-refractivity contribution is 0.669. The molecule has 4 nitrogen and oxygen atoms in total. The van der Waals surface area contributed by atoms with E-state index in [9.17, 15) is 0 Å². The molecule has 0 fully saturated rings. The minimum atomic E-state index is 0.807. The molecule has 2 rings (SSSR count). The molecule has 0 bridgehead atoms. The highest BCUT2D eigenvalue weighted by molar-refractivity contribution is 5.67. The number of pyridine rings is 1. The van der Waals surface area contributed by atoms with Gasteiger partial charge in [0.25, 0.3) is 0 Å². The maximum atomic E-state index is 4.45. The number of aryl methyl sites for hydroxylation is 2. The van der Waals surface area contributed by atoms with Crippen molar-refractivity contribution in [3.05, 3.63) is 35.9 Å². The van der Waals surface area contributed by atoms with Crippen LogP contribution in [0.4, 0.5) is 0 Å². The highest BCUT2D eigenvalue weighted by Crippen LogP contribution is 2.25. The van der Waals surface area contributed by atoms with Crippen molar-refractivity contribution in [2.24, 2.45) is 7.05 Å². The maximum Gasteiger partial charge on any atom is 0.0676 e. The zero-order valence-electron chi connectivity index (χ0n) is 9.86. The van der Waals surface area contributed by atoms with Crippen molar-refractivity contribution in [3.63, 3.8) is 0 Å². The van der Waals surface area contributed by atoms with E-state index in [1.54, 1.807) is 6.20 Å². The Bertz CT molecular complexity index is 473. The topological polar surface area (TPSA) is 42.7 Å². The summed E-state index contributed by atoms with van der Waals surface area (Å²) in [5.74, 6) is 0. The molecular weight excluding hydrogens is 200 g/mol. The number of rotatable bonds is 3. The molecule has 0 amide bonds. The van der Waals surface area contributed by atoms with Crippen molar-refractivity contribution < 1.29 is 0 Å². The van der Waals surface area contributed by atoms with E-state index in [2.05, 4.69) is 21.5 Å². The standard InChI is InChI=1S/C12H16N4/c1-9-12(10-5-4-6-14-7-10)11(8-13-2)16(3)15-9/h4-7,13H,8H2,1-3H3. The van der Waals surface area contributed by atoms with E-state index in [1.807, 2.05) is 38.0 Å². The fourth-order valence-corrected chi connectivity index (χ4v) is 1.96. The molecule has 0 aliphatic rings. The zero-order chi connectivity index (χ0) is 11.5. The first kappa shape index (κ1) is 10.8. The average Bonchev–Trinajstić information content (AvgIpc) is 2.56. The smallest absolute Gasteiger partial charge is 0.0676 e. The second-order valence-electron chi connectivity index (χ2n) is 3.80. The Morgan fingerprint density at radius 3 is 2.88 bits per heavy atom. The Morgan fingerprint density at radius 1 is 1.44 bits per heavy atom. The Kier molecular flexibility index (Phi) is 3.01. The number of nitrogens with one attached hydrogen (secondary N) is 1. The highest BCUT2D eigenvalue weighted by Gasteiger charge is 2.13. The fraction of sp³-hybridized carbons (Fsp3) is 0.333. The molecule has 0 saturated heterocycles. The predicted molar refractivity (Wildman–Crippen MR) is 63.9 cm³/mol. The summed E-state index contributed by atoms with van der Waals surface area (Å²) >= 11 is 0. The van der Waals surface area contributed by atoms with Crippen LogP contribution in [0.1, 0.15) is 11.4 Å². The Morgan fingerprint density at radius 2 is 2.25 bits per heavy atom. The van der Waals surface area contributed by atoms with Gasteiger partial charge < -0.3 is 5.32 Å². The molecule has 0 aliphatic carbocycles. The van der Waals surface area contributed by atoms with Crippen LogP contribution in [0.5, 0.6) is 0 Å². The molecule has 4 heteroatoms. The van der Waals surface area contributed by atoms with Crippen LogP contribution in [0.25, 0.3) is 11.1 Å². The summed E-state index contributed by atoms with van der Waals surface area (Å²) in [5.41, 5.74) is 4.54. The van der Waals surface area contributed by atoms with E-state index in [0.29, 0.717) is 0 Å². The van der Waals surface area contributed by atoms with Gasteiger partial charge in [-0.3, -0.25) is 9.67 Å². The van der Waals surface area contributed by atoms with Gasteiger partial charge in [0.15, 0.2) is 0 Å². The first-order chi connectivity index (χ1) is 7.74. The molecule has 2 aromatic heterocycles. The zero-order valence-corrected chi connectivity index (χ0v) is 9.86. The molecule has 0 aliphatic heterocycles. The predicted octanol–water partition coefficient (Wildman–Crippen LogP) is 1.51. The van der Waals surface area contributed by atoms with E-state index < -0.39 is 0 Å². The lowest BCUT2D eigenvalue weighted by Crippen LogP contribution is -2.10. The van der Waals surface area contributed by atoms with Gasteiger partial charge in [0, 0.05) is 37.1 Å². The molecule has 0 aromatic carbocycles. The van der Waals surface area contributed by atoms with Gasteiger partial charge in [0.2, 0.25) is 0 Å². The van der Waals surface area contributed by atoms with Crippen LogP contribution >= 0.6 is 0 Å². The molecule has 1 N–H and O–H groups in total. The third-order valence-electron chi connectivity index (χ3n) is 2.64. The fourth-order valence-electron chi connectivity index (χ4n) is 1.96. The Hall–Kier alpha value is -1.68. The normalized spacial score (nSPS) is 10.7. The van der Waals surface area contributed by atoms with Crippen molar-refractivity contribution >= 4 is 0 Å². The molecule has 0 unspecified atom stereocenters. The van der Waals surface area contributed by atoms with Crippen molar-refractivity contribution in [1.29, 1.82) is 0 Å². The summed E-state index contributed by atoms with van der Waals surface area (Å²) in [4.78, 5) is 4.16. The van der Waals surface area contributed by atoms with E-state index in [4.69, 9.17) is 0 Å². The van der Waals surface area contributed by atoms with Crippen LogP contribution in [0, 0.1) is 6.92 Å². The largest absolute Gasteiger partial charge is 0.314 e. The van der Waals surface area contributed by atoms with Gasteiger partial charge in [0.05, 0.1) is 11.4 Å². The van der Waals surface area contributed by atoms with E-state index >= 15 is 0 Å². The minimum Gasteiger partial charge on any atom is -0.314 e. The van der Waals surface area contributed by atoms with Crippen LogP contribution in [-0.4, -0.2) is 21.8 Å². The lowest BCUT2D eigenvalue weighted by Gasteiger charge is -2.05. The van der Waals surface area contributed by atoms with Gasteiger partial charge in [-0.2, -0.15) is 5.10 Å². The van der Waals surface area contributed by atoms with Gasteiger partial charge in [-0.25, -0.2) is 0 Å². The van der Waals surface area contributed by atoms with Crippen molar-refractivity contribution in [2.45, 2.75) is 13.5 Å². The Balaban J connectivity index is 2.55. The van der Waals surface area contributed by atoms with E-state index in [-0.39, 0.29) is 0 Å². The summed E-state index contributed by atoms with van der Waals surface area (Å²) in [6.45, 7) is 2.84. The quantitative estimate of drug-likeness (QED) is 0.845. The van der Waals surface area contributed by atoms with Gasteiger partial charge in [-0.1, -0.05) is 6.07 Å². The number of hydrogen-bond donors (Lipinski definition) is 1. The highest BCUT2D eigenvalue weighted by atomic mass is 15.3. The minimum absolute atomic E-state index is 0.807. The van der Waals surface area contributed by atoms with Gasteiger partial charge in [-0.15, -0.1) is 0 Å². The van der Waals surface area contributed by atoms with E-state index in [1.165, 1.54) is 11.3 Å². The molecule has 0 radical (unpaired) electrons. The maximum absolute atomic E-state index is 4.45. The summed E-state index contributed by atoms with van der Waals surface area (Å²) in [6, 6.07) is 4.01. The number of aromatic nitrogens is 3. The average molecular weight is 216 g/mol. The summed E-state index contributed by atoms with van der Waals surface area (Å²) in [7, 11) is 3.91. The molecular formula is C12H16N4. The summed E-state index contributed by atoms with van der Waals surface area (Å²) in [6.07, 6.45) is 3.66. The summed E-state index contributed by atoms with van der Waals surface area (Å²) in [5, 5.41) is 7.62. The first-order valence-corrected chi connectivity index (χ1v) is 5.31. The van der Waals surface area contributed by atoms with E-state index in [0.717, 1.165) is 17.8 Å². The van der Waals surface area contributed by atoms with Crippen molar-refractivity contribution in [2.75, 3.05) is 7.05 Å². The second-order valence-corrected chi connectivity index (χ2v) is 3.80. The molecule has 0 spiro atoms. The van der Waals surface area contributed by atoms with Crippen LogP contribution < -0.4 is 5.32 Å². The monoisotopic (exact) mass is 216 g/mol. The molecule has 0 atom stereocenters. The molecule has 2 aromatic rings. The lowest BCUT2D eigenvalue weighted by atomic mass is 10.1. The number of nitrogens with zero attached hydrogens (tertiary/aromatic N) is 3. The third-order valence-corrected chi connectivity index (χ3v) is 2.64. The number of hydrogen-bond acceptors (Lipinski definition) is 3. The molecule has 16 heavy (non-hydrogen) atoms. The summed E-state index contributed by atoms with van der Waals surface area (Å²) < 4.78 is 1.92. The Labute approximate surface area is 95.3 Å². The van der Waals surface area contributed by atoms with Crippen LogP contribution in [0.3, 0.4) is 0 Å². The third kappa shape index (κ3) is 1.84. The second kappa shape index (κ2) is 4.45. The van der Waals surface area contributed by atoms with Gasteiger partial charge in [0.1, 0.15) is 0 Å². The molecule has 2 heterocycles. The molecule has 0 saturated carbocycles. The SMILES string of the molecule is CNCc1c(-c2cccnc2)c(C)nn1C. The van der Waals surface area contributed by atoms with Crippen molar-refractivity contribution in [1.82, 2.24) is 20.1 Å². The van der Waals surface area contributed by atoms with Crippen LogP contribution in [0.2, 0.25) is 0 Å². The van der Waals surface area contributed by atoms with Gasteiger partial charge in [-0.05, 0) is 20.0 Å². The molecule has 84 valence electrons. The van der Waals surface area contributed by atoms with Crippen LogP contribution in [-0.2, 0) is 13.6 Å². The van der Waals surface area contributed by atoms with Gasteiger partial charge >= 0.3 is 0 Å². The van der Waals surface area contributed by atoms with Crippen molar-refractivity contribution in [3.8, 4) is 11.1 Å².